The zero-order valence-corrected chi connectivity index (χ0v) is 13.0. The van der Waals surface area contributed by atoms with Crippen LogP contribution in [0.2, 0.25) is 0 Å². The lowest BCUT2D eigenvalue weighted by molar-refractivity contribution is -0.150. The first-order valence-electron chi connectivity index (χ1n) is 7.57. The number of amides is 3. The van der Waals surface area contributed by atoms with Gasteiger partial charge in [0, 0.05) is 0 Å². The molecule has 0 saturated carbocycles. The van der Waals surface area contributed by atoms with Crippen LogP contribution >= 0.6 is 0 Å². The third kappa shape index (κ3) is 4.70. The fourth-order valence-corrected chi connectivity index (χ4v) is 2.67. The Bertz CT molecular complexity index is 603. The van der Waals surface area contributed by atoms with E-state index < -0.39 is 18.0 Å². The fraction of sp³-hybridized carbons (Fsp3) is 0.438. The summed E-state index contributed by atoms with van der Waals surface area (Å²) in [5, 5.41) is 5.08. The number of urea groups is 1. The highest BCUT2D eigenvalue weighted by Crippen LogP contribution is 2.29. The van der Waals surface area contributed by atoms with Crippen molar-refractivity contribution in [1.29, 1.82) is 0 Å². The number of benzene rings is 1. The summed E-state index contributed by atoms with van der Waals surface area (Å²) in [5.74, 6) is -1.07. The number of hydrogen-bond acceptors (Lipinski definition) is 4. The minimum absolute atomic E-state index is 0.0627. The molecule has 0 spiro atoms. The Kier molecular flexibility index (Phi) is 5.56. The number of hydrogen-bond donors (Lipinski definition) is 3. The Labute approximate surface area is 134 Å². The molecule has 0 aromatic heterocycles. The van der Waals surface area contributed by atoms with Gasteiger partial charge in [-0.1, -0.05) is 24.3 Å². The summed E-state index contributed by atoms with van der Waals surface area (Å²) in [6.07, 6.45) is 2.87. The van der Waals surface area contributed by atoms with Gasteiger partial charge in [0.1, 0.15) is 6.04 Å². The number of rotatable bonds is 5. The lowest BCUT2D eigenvalue weighted by atomic mass is 9.88. The number of esters is 1. The van der Waals surface area contributed by atoms with Gasteiger partial charge < -0.3 is 21.1 Å². The molecule has 1 aromatic carbocycles. The molecule has 0 fully saturated rings. The van der Waals surface area contributed by atoms with Crippen LogP contribution in [-0.2, 0) is 20.7 Å². The molecule has 0 radical (unpaired) electrons. The normalized spacial score (nSPS) is 17.5. The lowest BCUT2D eigenvalue weighted by Gasteiger charge is -2.26. The first-order valence-corrected chi connectivity index (χ1v) is 7.57. The summed E-state index contributed by atoms with van der Waals surface area (Å²) < 4.78 is 4.87. The van der Waals surface area contributed by atoms with Crippen LogP contribution in [0.1, 0.15) is 36.9 Å². The van der Waals surface area contributed by atoms with Gasteiger partial charge in [-0.25, -0.2) is 9.59 Å². The Morgan fingerprint density at radius 1 is 1.35 bits per heavy atom. The van der Waals surface area contributed by atoms with E-state index in [4.69, 9.17) is 10.5 Å². The molecule has 0 aliphatic heterocycles. The number of carbonyl (C=O) groups excluding carboxylic acids is 3. The Morgan fingerprint density at radius 2 is 2.09 bits per heavy atom. The lowest BCUT2D eigenvalue weighted by Crippen LogP contribution is -2.43. The molecule has 2 rings (SSSR count). The third-order valence-electron chi connectivity index (χ3n) is 3.76. The molecule has 1 aliphatic rings. The van der Waals surface area contributed by atoms with Crippen LogP contribution in [0.5, 0.6) is 0 Å². The summed E-state index contributed by atoms with van der Waals surface area (Å²) in [5.41, 5.74) is 7.27. The quantitative estimate of drug-likeness (QED) is 0.696. The van der Waals surface area contributed by atoms with Gasteiger partial charge in [0.25, 0.3) is 5.91 Å². The molecular weight excluding hydrogens is 298 g/mol. The standard InChI is InChI=1S/C16H21N3O4/c1-10(18-16(17)22)15(21)23-9-14(20)19-13-8-4-6-11-5-2-3-7-12(11)13/h2-3,5,7,10,13H,4,6,8-9H2,1H3,(H,19,20)(H3,17,18,22)/t10-,13-/m0/s1. The second-order valence-electron chi connectivity index (χ2n) is 5.55. The van der Waals surface area contributed by atoms with Crippen molar-refractivity contribution in [2.45, 2.75) is 38.3 Å². The van der Waals surface area contributed by atoms with Gasteiger partial charge in [0.05, 0.1) is 6.04 Å². The maximum absolute atomic E-state index is 12.0. The van der Waals surface area contributed by atoms with Crippen LogP contribution in [0.4, 0.5) is 4.79 Å². The number of primary amides is 1. The number of ether oxygens (including phenoxy) is 1. The monoisotopic (exact) mass is 319 g/mol. The summed E-state index contributed by atoms with van der Waals surface area (Å²) in [6, 6.07) is 6.22. The van der Waals surface area contributed by atoms with Crippen molar-refractivity contribution in [2.75, 3.05) is 6.61 Å². The molecule has 3 amide bonds. The van der Waals surface area contributed by atoms with Crippen molar-refractivity contribution < 1.29 is 19.1 Å². The number of nitrogens with one attached hydrogen (secondary N) is 2. The molecule has 2 atom stereocenters. The summed E-state index contributed by atoms with van der Waals surface area (Å²) in [4.78, 5) is 34.2. The SMILES string of the molecule is C[C@H](NC(N)=O)C(=O)OCC(=O)N[C@H]1CCCc2ccccc21. The van der Waals surface area contributed by atoms with Crippen LogP contribution in [0.25, 0.3) is 0 Å². The highest BCUT2D eigenvalue weighted by atomic mass is 16.5. The maximum atomic E-state index is 12.0. The van der Waals surface area contributed by atoms with E-state index in [1.165, 1.54) is 12.5 Å². The van der Waals surface area contributed by atoms with E-state index >= 15 is 0 Å². The van der Waals surface area contributed by atoms with Crippen molar-refractivity contribution in [2.24, 2.45) is 5.73 Å². The number of aryl methyl sites for hydroxylation is 1. The van der Waals surface area contributed by atoms with Gasteiger partial charge in [0.2, 0.25) is 0 Å². The smallest absolute Gasteiger partial charge is 0.328 e. The van der Waals surface area contributed by atoms with Crippen LogP contribution in [0.15, 0.2) is 24.3 Å². The van der Waals surface area contributed by atoms with E-state index in [9.17, 15) is 14.4 Å². The third-order valence-corrected chi connectivity index (χ3v) is 3.76. The second-order valence-corrected chi connectivity index (χ2v) is 5.55. The summed E-state index contributed by atoms with van der Waals surface area (Å²) in [7, 11) is 0. The topological polar surface area (TPSA) is 111 Å². The van der Waals surface area contributed by atoms with Gasteiger partial charge in [-0.15, -0.1) is 0 Å². The van der Waals surface area contributed by atoms with E-state index in [-0.39, 0.29) is 18.6 Å². The number of nitrogens with two attached hydrogens (primary N) is 1. The van der Waals surface area contributed by atoms with Crippen LogP contribution in [-0.4, -0.2) is 30.6 Å². The molecule has 124 valence electrons. The van der Waals surface area contributed by atoms with Crippen molar-refractivity contribution in [3.63, 3.8) is 0 Å². The fourth-order valence-electron chi connectivity index (χ4n) is 2.67. The van der Waals surface area contributed by atoms with Gasteiger partial charge in [-0.3, -0.25) is 4.79 Å². The van der Waals surface area contributed by atoms with E-state index in [0.717, 1.165) is 24.8 Å². The zero-order valence-electron chi connectivity index (χ0n) is 13.0. The Hall–Kier alpha value is -2.57. The number of carbonyl (C=O) groups is 3. The average molecular weight is 319 g/mol. The van der Waals surface area contributed by atoms with Crippen molar-refractivity contribution >= 4 is 17.9 Å². The highest BCUT2D eigenvalue weighted by molar-refractivity contribution is 5.85. The predicted molar refractivity (Wildman–Crippen MR) is 83.4 cm³/mol. The minimum atomic E-state index is -0.893. The molecule has 0 saturated heterocycles. The van der Waals surface area contributed by atoms with Crippen molar-refractivity contribution in [1.82, 2.24) is 10.6 Å². The molecule has 0 heterocycles. The van der Waals surface area contributed by atoms with E-state index in [1.54, 1.807) is 0 Å². The van der Waals surface area contributed by atoms with Crippen LogP contribution in [0.3, 0.4) is 0 Å². The molecule has 0 unspecified atom stereocenters. The van der Waals surface area contributed by atoms with E-state index in [1.807, 2.05) is 18.2 Å². The molecule has 0 bridgehead atoms. The molecule has 7 heteroatoms. The zero-order chi connectivity index (χ0) is 16.8. The van der Waals surface area contributed by atoms with Crippen LogP contribution in [0, 0.1) is 0 Å². The minimum Gasteiger partial charge on any atom is -0.454 e. The van der Waals surface area contributed by atoms with E-state index in [0.29, 0.717) is 0 Å². The van der Waals surface area contributed by atoms with Gasteiger partial charge in [0.15, 0.2) is 6.61 Å². The van der Waals surface area contributed by atoms with Crippen LogP contribution < -0.4 is 16.4 Å². The first kappa shape index (κ1) is 16.8. The van der Waals surface area contributed by atoms with Gasteiger partial charge >= 0.3 is 12.0 Å². The largest absolute Gasteiger partial charge is 0.454 e. The van der Waals surface area contributed by atoms with E-state index in [2.05, 4.69) is 16.7 Å². The van der Waals surface area contributed by atoms with Crippen molar-refractivity contribution in [3.8, 4) is 0 Å². The second kappa shape index (κ2) is 7.62. The van der Waals surface area contributed by atoms with Gasteiger partial charge in [-0.05, 0) is 37.3 Å². The average Bonchev–Trinajstić information content (AvgIpc) is 2.52. The number of fused-ring (bicyclic) bond motifs is 1. The summed E-state index contributed by atoms with van der Waals surface area (Å²) in [6.45, 7) is 1.05. The molecule has 7 nitrogen and oxygen atoms in total. The van der Waals surface area contributed by atoms with Crippen molar-refractivity contribution in [3.05, 3.63) is 35.4 Å². The molecule has 1 aliphatic carbocycles. The molecule has 1 aromatic rings. The predicted octanol–water partition coefficient (Wildman–Crippen LogP) is 0.780. The Morgan fingerprint density at radius 3 is 2.83 bits per heavy atom. The Balaban J connectivity index is 1.84. The molecular formula is C16H21N3O4. The maximum Gasteiger partial charge on any atom is 0.328 e. The summed E-state index contributed by atoms with van der Waals surface area (Å²) >= 11 is 0. The molecule has 4 N–H and O–H groups in total. The molecule has 23 heavy (non-hydrogen) atoms. The highest BCUT2D eigenvalue weighted by Gasteiger charge is 2.22. The van der Waals surface area contributed by atoms with Gasteiger partial charge in [-0.2, -0.15) is 0 Å². The first-order chi connectivity index (χ1) is 11.0.